The summed E-state index contributed by atoms with van der Waals surface area (Å²) in [5.74, 6) is 0.734. The fraction of sp³-hybridized carbons (Fsp3) is 0.565. The number of nitrogens with zero attached hydrogens (tertiary/aromatic N) is 2. The van der Waals surface area contributed by atoms with Gasteiger partial charge in [-0.2, -0.15) is 0 Å². The molecule has 2 aliphatic rings. The number of aromatic nitrogens is 1. The molecule has 0 atom stereocenters. The highest BCUT2D eigenvalue weighted by molar-refractivity contribution is 5.98. The van der Waals surface area contributed by atoms with Crippen molar-refractivity contribution in [1.29, 1.82) is 0 Å². The Balaban J connectivity index is 1.52. The first-order valence-electron chi connectivity index (χ1n) is 10.7. The molecule has 1 aromatic carbocycles. The Morgan fingerprint density at radius 2 is 1.97 bits per heavy atom. The number of fused-ring (bicyclic) bond motifs is 1. The molecule has 1 aromatic heterocycles. The molecule has 0 bridgehead atoms. The third-order valence-corrected chi connectivity index (χ3v) is 6.50. The van der Waals surface area contributed by atoms with Gasteiger partial charge in [-0.05, 0) is 38.0 Å². The minimum absolute atomic E-state index is 0.0362. The maximum Gasteiger partial charge on any atom is 0.253 e. The van der Waals surface area contributed by atoms with Gasteiger partial charge in [0.15, 0.2) is 0 Å². The smallest absolute Gasteiger partial charge is 0.253 e. The highest BCUT2D eigenvalue weighted by atomic mass is 16.5. The molecule has 1 aliphatic carbocycles. The summed E-state index contributed by atoms with van der Waals surface area (Å²) in [4.78, 5) is 20.3. The van der Waals surface area contributed by atoms with Crippen LogP contribution < -0.4 is 10.1 Å². The first-order valence-corrected chi connectivity index (χ1v) is 10.7. The van der Waals surface area contributed by atoms with Crippen molar-refractivity contribution in [2.45, 2.75) is 44.6 Å². The first kappa shape index (κ1) is 20.1. The number of rotatable bonds is 5. The van der Waals surface area contributed by atoms with Crippen LogP contribution >= 0.6 is 0 Å². The minimum Gasteiger partial charge on any atom is -0.497 e. The molecule has 1 N–H and O–H groups in total. The molecule has 0 unspecified atom stereocenters. The van der Waals surface area contributed by atoms with Crippen molar-refractivity contribution >= 4 is 16.8 Å². The largest absolute Gasteiger partial charge is 0.497 e. The van der Waals surface area contributed by atoms with Gasteiger partial charge in [-0.1, -0.05) is 19.3 Å². The van der Waals surface area contributed by atoms with Gasteiger partial charge in [-0.15, -0.1) is 0 Å². The van der Waals surface area contributed by atoms with Crippen molar-refractivity contribution in [3.63, 3.8) is 0 Å². The second-order valence-electron chi connectivity index (χ2n) is 8.25. The lowest BCUT2D eigenvalue weighted by Crippen LogP contribution is -2.59. The third kappa shape index (κ3) is 4.23. The Bertz CT molecular complexity index is 871. The standard InChI is InChI=1S/C23H31N3O3/c1-17-20(14-18-6-7-19(28-2)15-21(18)25-17)22(27)24-16-23(8-4-3-5-9-23)26-10-12-29-13-11-26/h6-7,14-15H,3-5,8-13,16H2,1-2H3,(H,24,27). The van der Waals surface area contributed by atoms with Crippen LogP contribution in [0.25, 0.3) is 10.9 Å². The van der Waals surface area contributed by atoms with E-state index in [4.69, 9.17) is 9.47 Å². The molecule has 29 heavy (non-hydrogen) atoms. The molecule has 1 aliphatic heterocycles. The van der Waals surface area contributed by atoms with Gasteiger partial charge in [0.1, 0.15) is 5.75 Å². The number of methoxy groups -OCH3 is 1. The number of hydrogen-bond donors (Lipinski definition) is 1. The number of pyridine rings is 1. The van der Waals surface area contributed by atoms with E-state index in [1.54, 1.807) is 7.11 Å². The zero-order chi connectivity index (χ0) is 20.3. The molecule has 4 rings (SSSR count). The molecular formula is C23H31N3O3. The van der Waals surface area contributed by atoms with Crippen LogP contribution in [0, 0.1) is 6.92 Å². The minimum atomic E-state index is -0.0362. The number of ether oxygens (including phenoxy) is 2. The number of benzene rings is 1. The van der Waals surface area contributed by atoms with Gasteiger partial charge in [-0.25, -0.2) is 0 Å². The summed E-state index contributed by atoms with van der Waals surface area (Å²) in [6.45, 7) is 6.06. The van der Waals surface area contributed by atoms with Gasteiger partial charge in [-0.3, -0.25) is 14.7 Å². The second kappa shape index (κ2) is 8.67. The average molecular weight is 398 g/mol. The van der Waals surface area contributed by atoms with E-state index in [9.17, 15) is 4.79 Å². The van der Waals surface area contributed by atoms with Crippen LogP contribution in [0.1, 0.15) is 48.2 Å². The molecule has 2 heterocycles. The zero-order valence-corrected chi connectivity index (χ0v) is 17.5. The predicted octanol–water partition coefficient (Wildman–Crippen LogP) is 3.32. The van der Waals surface area contributed by atoms with Crippen molar-refractivity contribution < 1.29 is 14.3 Å². The molecule has 2 aromatic rings. The number of hydrogen-bond acceptors (Lipinski definition) is 5. The Morgan fingerprint density at radius 1 is 1.21 bits per heavy atom. The van der Waals surface area contributed by atoms with Gasteiger partial charge < -0.3 is 14.8 Å². The van der Waals surface area contributed by atoms with Gasteiger partial charge in [0.25, 0.3) is 5.91 Å². The van der Waals surface area contributed by atoms with E-state index < -0.39 is 0 Å². The number of aryl methyl sites for hydroxylation is 1. The van der Waals surface area contributed by atoms with Crippen molar-refractivity contribution in [2.75, 3.05) is 40.0 Å². The summed E-state index contributed by atoms with van der Waals surface area (Å²) in [5.41, 5.74) is 2.29. The van der Waals surface area contributed by atoms with Gasteiger partial charge in [0.2, 0.25) is 0 Å². The van der Waals surface area contributed by atoms with Crippen molar-refractivity contribution in [1.82, 2.24) is 15.2 Å². The Morgan fingerprint density at radius 3 is 2.69 bits per heavy atom. The Labute approximate surface area is 172 Å². The Hall–Kier alpha value is -2.18. The Kier molecular flexibility index (Phi) is 6.01. The molecule has 1 amide bonds. The van der Waals surface area contributed by atoms with Crippen LogP contribution in [0.5, 0.6) is 5.75 Å². The van der Waals surface area contributed by atoms with E-state index in [1.807, 2.05) is 31.2 Å². The predicted molar refractivity (Wildman–Crippen MR) is 114 cm³/mol. The van der Waals surface area contributed by atoms with Crippen LogP contribution in [0.15, 0.2) is 24.3 Å². The van der Waals surface area contributed by atoms with Crippen molar-refractivity contribution in [3.05, 3.63) is 35.5 Å². The summed E-state index contributed by atoms with van der Waals surface area (Å²) in [5, 5.41) is 4.20. The number of amides is 1. The lowest BCUT2D eigenvalue weighted by molar-refractivity contribution is -0.0361. The van der Waals surface area contributed by atoms with Gasteiger partial charge >= 0.3 is 0 Å². The average Bonchev–Trinajstić information content (AvgIpc) is 2.78. The van der Waals surface area contributed by atoms with Crippen molar-refractivity contribution in [3.8, 4) is 5.75 Å². The van der Waals surface area contributed by atoms with Crippen LogP contribution in [0.2, 0.25) is 0 Å². The maximum absolute atomic E-state index is 13.1. The fourth-order valence-corrected chi connectivity index (χ4v) is 4.79. The van der Waals surface area contributed by atoms with E-state index >= 15 is 0 Å². The van der Waals surface area contributed by atoms with E-state index in [-0.39, 0.29) is 11.4 Å². The van der Waals surface area contributed by atoms with Crippen molar-refractivity contribution in [2.24, 2.45) is 0 Å². The van der Waals surface area contributed by atoms with Gasteiger partial charge in [0.05, 0.1) is 37.1 Å². The molecule has 1 saturated heterocycles. The fourth-order valence-electron chi connectivity index (χ4n) is 4.79. The summed E-state index contributed by atoms with van der Waals surface area (Å²) >= 11 is 0. The molecule has 1 saturated carbocycles. The second-order valence-corrected chi connectivity index (χ2v) is 8.25. The number of carbonyl (C=O) groups excluding carboxylic acids is 1. The van der Waals surface area contributed by atoms with Crippen LogP contribution in [0.4, 0.5) is 0 Å². The van der Waals surface area contributed by atoms with E-state index in [1.165, 1.54) is 19.3 Å². The number of morpholine rings is 1. The van der Waals surface area contributed by atoms with E-state index in [2.05, 4.69) is 15.2 Å². The summed E-state index contributed by atoms with van der Waals surface area (Å²) in [6, 6.07) is 7.69. The monoisotopic (exact) mass is 397 g/mol. The molecule has 156 valence electrons. The summed E-state index contributed by atoms with van der Waals surface area (Å²) in [7, 11) is 1.64. The molecule has 6 nitrogen and oxygen atoms in total. The summed E-state index contributed by atoms with van der Waals surface area (Å²) in [6.07, 6.45) is 6.03. The molecule has 0 spiro atoms. The number of carbonyl (C=O) groups is 1. The maximum atomic E-state index is 13.1. The normalized spacial score (nSPS) is 19.8. The zero-order valence-electron chi connectivity index (χ0n) is 17.5. The van der Waals surface area contributed by atoms with Crippen LogP contribution in [0.3, 0.4) is 0 Å². The molecular weight excluding hydrogens is 366 g/mol. The highest BCUT2D eigenvalue weighted by Gasteiger charge is 2.38. The summed E-state index contributed by atoms with van der Waals surface area (Å²) < 4.78 is 10.8. The molecule has 6 heteroatoms. The lowest BCUT2D eigenvalue weighted by Gasteiger charge is -2.48. The van der Waals surface area contributed by atoms with Gasteiger partial charge in [0, 0.05) is 36.6 Å². The SMILES string of the molecule is COc1ccc2cc(C(=O)NCC3(N4CCOCC4)CCCCC3)c(C)nc2c1. The highest BCUT2D eigenvalue weighted by Crippen LogP contribution is 2.34. The molecule has 0 radical (unpaired) electrons. The quantitative estimate of drug-likeness (QED) is 0.839. The van der Waals surface area contributed by atoms with E-state index in [0.717, 1.165) is 61.5 Å². The number of nitrogens with one attached hydrogen (secondary N) is 1. The topological polar surface area (TPSA) is 63.7 Å². The van der Waals surface area contributed by atoms with Crippen LogP contribution in [-0.2, 0) is 4.74 Å². The third-order valence-electron chi connectivity index (χ3n) is 6.50. The first-order chi connectivity index (χ1) is 14.1. The van der Waals surface area contributed by atoms with Crippen LogP contribution in [-0.4, -0.2) is 61.3 Å². The lowest BCUT2D eigenvalue weighted by atomic mass is 9.79. The molecule has 2 fully saturated rings. The van der Waals surface area contributed by atoms with E-state index in [0.29, 0.717) is 12.1 Å².